The van der Waals surface area contributed by atoms with Crippen LogP contribution in [0.2, 0.25) is 0 Å². The fourth-order valence-electron chi connectivity index (χ4n) is 1.42. The molecule has 0 unspecified atom stereocenters. The van der Waals surface area contributed by atoms with Gasteiger partial charge in [-0.2, -0.15) is 0 Å². The monoisotopic (exact) mass is 272 g/mol. The summed E-state index contributed by atoms with van der Waals surface area (Å²) < 4.78 is 0.854. The van der Waals surface area contributed by atoms with Gasteiger partial charge in [0.1, 0.15) is 4.60 Å². The Hall–Kier alpha value is -0.450. The number of aliphatic hydroxyl groups is 1. The summed E-state index contributed by atoms with van der Waals surface area (Å²) in [5.41, 5.74) is 1.21. The molecule has 0 fully saturated rings. The number of aliphatic hydroxyl groups excluding tert-OH is 1. The summed E-state index contributed by atoms with van der Waals surface area (Å²) in [7, 11) is 0. The van der Waals surface area contributed by atoms with E-state index < -0.39 is 0 Å². The molecule has 0 amide bonds. The molecule has 0 spiro atoms. The van der Waals surface area contributed by atoms with Gasteiger partial charge in [0.25, 0.3) is 0 Å². The first-order chi connectivity index (χ1) is 7.13. The van der Waals surface area contributed by atoms with E-state index in [1.165, 1.54) is 5.56 Å². The van der Waals surface area contributed by atoms with Gasteiger partial charge < -0.3 is 5.11 Å². The lowest BCUT2D eigenvalue weighted by atomic mass is 10.2. The minimum Gasteiger partial charge on any atom is -0.395 e. The minimum absolute atomic E-state index is 0.199. The van der Waals surface area contributed by atoms with Crippen molar-refractivity contribution in [3.05, 3.63) is 28.5 Å². The van der Waals surface area contributed by atoms with Gasteiger partial charge in [0.15, 0.2) is 0 Å². The van der Waals surface area contributed by atoms with E-state index in [1.807, 2.05) is 12.1 Å². The van der Waals surface area contributed by atoms with Crippen LogP contribution in [0.3, 0.4) is 0 Å². The molecule has 0 aromatic carbocycles. The average Bonchev–Trinajstić information content (AvgIpc) is 2.17. The van der Waals surface area contributed by atoms with Crippen molar-refractivity contribution >= 4 is 15.9 Å². The van der Waals surface area contributed by atoms with Crippen LogP contribution in [0.1, 0.15) is 19.4 Å². The molecule has 0 saturated carbocycles. The molecule has 1 aromatic heterocycles. The van der Waals surface area contributed by atoms with Crippen LogP contribution in [0.5, 0.6) is 0 Å². The number of halogens is 1. The summed E-state index contributed by atoms with van der Waals surface area (Å²) in [6, 6.07) is 4.44. The molecule has 0 radical (unpaired) electrons. The van der Waals surface area contributed by atoms with Crippen LogP contribution in [0, 0.1) is 0 Å². The van der Waals surface area contributed by atoms with E-state index in [0.29, 0.717) is 12.6 Å². The Labute approximate surface area is 99.3 Å². The summed E-state index contributed by atoms with van der Waals surface area (Å²) in [6.07, 6.45) is 1.79. The van der Waals surface area contributed by atoms with E-state index >= 15 is 0 Å². The Morgan fingerprint density at radius 2 is 2.27 bits per heavy atom. The number of hydrogen-bond acceptors (Lipinski definition) is 3. The lowest BCUT2D eigenvalue weighted by molar-refractivity contribution is 0.159. The van der Waals surface area contributed by atoms with Crippen LogP contribution in [0.25, 0.3) is 0 Å². The Bertz CT molecular complexity index is 304. The molecule has 0 aliphatic carbocycles. The van der Waals surface area contributed by atoms with E-state index in [-0.39, 0.29) is 6.61 Å². The SMILES string of the molecule is CC(C)N(CCO)Cc1ccnc(Br)c1. The van der Waals surface area contributed by atoms with Gasteiger partial charge in [-0.05, 0) is 47.5 Å². The van der Waals surface area contributed by atoms with Gasteiger partial charge in [0.05, 0.1) is 6.61 Å². The quantitative estimate of drug-likeness (QED) is 0.834. The zero-order valence-electron chi connectivity index (χ0n) is 9.15. The Morgan fingerprint density at radius 1 is 1.53 bits per heavy atom. The predicted octanol–water partition coefficient (Wildman–Crippen LogP) is 2.05. The molecule has 0 aliphatic rings. The molecule has 1 aromatic rings. The van der Waals surface area contributed by atoms with Crippen LogP contribution in [0.15, 0.2) is 22.9 Å². The largest absolute Gasteiger partial charge is 0.395 e. The van der Waals surface area contributed by atoms with Gasteiger partial charge in [-0.3, -0.25) is 4.90 Å². The summed E-state index contributed by atoms with van der Waals surface area (Å²) in [4.78, 5) is 6.31. The summed E-state index contributed by atoms with van der Waals surface area (Å²) in [6.45, 7) is 6.01. The standard InChI is InChI=1S/C11H17BrN2O/c1-9(2)14(5-6-15)8-10-3-4-13-11(12)7-10/h3-4,7,9,15H,5-6,8H2,1-2H3. The maximum atomic E-state index is 8.95. The zero-order valence-corrected chi connectivity index (χ0v) is 10.7. The van der Waals surface area contributed by atoms with Crippen molar-refractivity contribution < 1.29 is 5.11 Å². The average molecular weight is 273 g/mol. The van der Waals surface area contributed by atoms with Crippen molar-refractivity contribution in [1.29, 1.82) is 0 Å². The number of aromatic nitrogens is 1. The van der Waals surface area contributed by atoms with Gasteiger partial charge in [0.2, 0.25) is 0 Å². The van der Waals surface area contributed by atoms with Crippen molar-refractivity contribution in [2.45, 2.75) is 26.4 Å². The third-order valence-electron chi connectivity index (χ3n) is 2.29. The summed E-state index contributed by atoms with van der Waals surface area (Å²) >= 11 is 3.35. The molecule has 84 valence electrons. The number of nitrogens with zero attached hydrogens (tertiary/aromatic N) is 2. The number of rotatable bonds is 5. The second-order valence-corrected chi connectivity index (χ2v) is 4.59. The molecule has 15 heavy (non-hydrogen) atoms. The smallest absolute Gasteiger partial charge is 0.106 e. The Kier molecular flexibility index (Phi) is 5.22. The number of pyridine rings is 1. The summed E-state index contributed by atoms with van der Waals surface area (Å²) in [5.74, 6) is 0. The van der Waals surface area contributed by atoms with Crippen molar-refractivity contribution in [1.82, 2.24) is 9.88 Å². The second kappa shape index (κ2) is 6.20. The molecule has 1 rings (SSSR count). The maximum Gasteiger partial charge on any atom is 0.106 e. The first kappa shape index (κ1) is 12.6. The van der Waals surface area contributed by atoms with E-state index in [4.69, 9.17) is 5.11 Å². The van der Waals surface area contributed by atoms with Gasteiger partial charge in [-0.1, -0.05) is 0 Å². The molecule has 1 heterocycles. The number of hydrogen-bond donors (Lipinski definition) is 1. The highest BCUT2D eigenvalue weighted by Gasteiger charge is 2.09. The minimum atomic E-state index is 0.199. The lowest BCUT2D eigenvalue weighted by Gasteiger charge is -2.25. The van der Waals surface area contributed by atoms with Crippen molar-refractivity contribution in [2.75, 3.05) is 13.2 Å². The van der Waals surface area contributed by atoms with Crippen LogP contribution in [0.4, 0.5) is 0 Å². The van der Waals surface area contributed by atoms with Gasteiger partial charge in [0, 0.05) is 25.3 Å². The van der Waals surface area contributed by atoms with Crippen molar-refractivity contribution in [2.24, 2.45) is 0 Å². The van der Waals surface area contributed by atoms with E-state index in [9.17, 15) is 0 Å². The van der Waals surface area contributed by atoms with Crippen molar-refractivity contribution in [3.63, 3.8) is 0 Å². The fourth-order valence-corrected chi connectivity index (χ4v) is 1.84. The highest BCUT2D eigenvalue weighted by atomic mass is 79.9. The molecular formula is C11H17BrN2O. The van der Waals surface area contributed by atoms with Crippen LogP contribution in [-0.4, -0.2) is 34.2 Å². The first-order valence-corrected chi connectivity index (χ1v) is 5.88. The molecule has 0 saturated heterocycles. The third-order valence-corrected chi connectivity index (χ3v) is 2.73. The zero-order chi connectivity index (χ0) is 11.3. The molecule has 0 atom stereocenters. The Morgan fingerprint density at radius 3 is 2.80 bits per heavy atom. The van der Waals surface area contributed by atoms with Crippen LogP contribution < -0.4 is 0 Å². The van der Waals surface area contributed by atoms with E-state index in [1.54, 1.807) is 6.20 Å². The van der Waals surface area contributed by atoms with Crippen LogP contribution in [-0.2, 0) is 6.54 Å². The lowest BCUT2D eigenvalue weighted by Crippen LogP contribution is -2.32. The Balaban J connectivity index is 2.65. The molecule has 1 N–H and O–H groups in total. The topological polar surface area (TPSA) is 36.4 Å². The summed E-state index contributed by atoms with van der Waals surface area (Å²) in [5, 5.41) is 8.95. The van der Waals surface area contributed by atoms with E-state index in [0.717, 1.165) is 11.1 Å². The maximum absolute atomic E-state index is 8.95. The molecule has 0 aliphatic heterocycles. The van der Waals surface area contributed by atoms with Gasteiger partial charge >= 0.3 is 0 Å². The van der Waals surface area contributed by atoms with Crippen molar-refractivity contribution in [3.8, 4) is 0 Å². The third kappa shape index (κ3) is 4.28. The highest BCUT2D eigenvalue weighted by molar-refractivity contribution is 9.10. The van der Waals surface area contributed by atoms with Gasteiger partial charge in [-0.15, -0.1) is 0 Å². The first-order valence-electron chi connectivity index (χ1n) is 5.09. The normalized spacial score (nSPS) is 11.3. The van der Waals surface area contributed by atoms with E-state index in [2.05, 4.69) is 39.7 Å². The molecule has 3 nitrogen and oxygen atoms in total. The van der Waals surface area contributed by atoms with Crippen LogP contribution >= 0.6 is 15.9 Å². The molecular weight excluding hydrogens is 256 g/mol. The molecule has 4 heteroatoms. The van der Waals surface area contributed by atoms with Gasteiger partial charge in [-0.25, -0.2) is 4.98 Å². The molecule has 0 bridgehead atoms. The fraction of sp³-hybridized carbons (Fsp3) is 0.545. The predicted molar refractivity (Wildman–Crippen MR) is 64.6 cm³/mol. The second-order valence-electron chi connectivity index (χ2n) is 3.77. The highest BCUT2D eigenvalue weighted by Crippen LogP contribution is 2.11.